The average molecular weight is 270 g/mol. The fourth-order valence-corrected chi connectivity index (χ4v) is 1.96. The zero-order valence-corrected chi connectivity index (χ0v) is 10.9. The second-order valence-electron chi connectivity index (χ2n) is 3.79. The molecule has 96 valence electrons. The predicted molar refractivity (Wildman–Crippen MR) is 66.9 cm³/mol. The Bertz CT molecular complexity index is 556. The summed E-state index contributed by atoms with van der Waals surface area (Å²) in [4.78, 5) is 0. The highest BCUT2D eigenvalue weighted by atomic mass is 35.5. The van der Waals surface area contributed by atoms with E-state index in [0.717, 1.165) is 12.8 Å². The molecule has 18 heavy (non-hydrogen) atoms. The van der Waals surface area contributed by atoms with E-state index in [1.54, 1.807) is 16.7 Å². The summed E-state index contributed by atoms with van der Waals surface area (Å²) in [7, 11) is 1.42. The lowest BCUT2D eigenvalue weighted by atomic mass is 10.2. The summed E-state index contributed by atoms with van der Waals surface area (Å²) in [5.74, 6) is 0.467. The zero-order valence-electron chi connectivity index (χ0n) is 10.2. The minimum atomic E-state index is -0.442. The van der Waals surface area contributed by atoms with Crippen LogP contribution in [0.3, 0.4) is 0 Å². The van der Waals surface area contributed by atoms with E-state index in [4.69, 9.17) is 16.3 Å². The molecule has 2 rings (SSSR count). The van der Waals surface area contributed by atoms with Crippen LogP contribution in [0.15, 0.2) is 18.2 Å². The summed E-state index contributed by atoms with van der Waals surface area (Å²) in [5.41, 5.74) is 0.590. The molecule has 0 aliphatic rings. The van der Waals surface area contributed by atoms with Crippen molar-refractivity contribution in [3.8, 4) is 11.4 Å². The van der Waals surface area contributed by atoms with Gasteiger partial charge in [-0.3, -0.25) is 4.57 Å². The monoisotopic (exact) mass is 269 g/mol. The molecule has 2 aromatic rings. The molecular formula is C12H13ClFN3O. The van der Waals surface area contributed by atoms with Crippen molar-refractivity contribution in [3.63, 3.8) is 0 Å². The van der Waals surface area contributed by atoms with E-state index in [-0.39, 0.29) is 11.0 Å². The molecule has 0 radical (unpaired) electrons. The largest absolute Gasteiger partial charge is 0.494 e. The maximum atomic E-state index is 13.7. The maximum Gasteiger partial charge on any atom is 0.229 e. The molecule has 0 aliphatic heterocycles. The van der Waals surface area contributed by atoms with Crippen molar-refractivity contribution in [1.82, 2.24) is 14.8 Å². The van der Waals surface area contributed by atoms with Gasteiger partial charge in [0.05, 0.1) is 12.8 Å². The first-order valence-electron chi connectivity index (χ1n) is 5.61. The summed E-state index contributed by atoms with van der Waals surface area (Å²) in [6.45, 7) is 2.03. The standard InChI is InChI=1S/C12H13ClFN3O/c1-3-4-11-15-16-12(13)17(11)8-5-6-10(18-2)9(14)7-8/h5-7H,3-4H2,1-2H3. The Labute approximate surface area is 109 Å². The Balaban J connectivity index is 2.48. The molecule has 1 heterocycles. The van der Waals surface area contributed by atoms with Crippen LogP contribution in [0, 0.1) is 5.82 Å². The number of aryl methyl sites for hydroxylation is 1. The topological polar surface area (TPSA) is 39.9 Å². The predicted octanol–water partition coefficient (Wildman–Crippen LogP) is 3.02. The van der Waals surface area contributed by atoms with Gasteiger partial charge in [-0.15, -0.1) is 10.2 Å². The number of aromatic nitrogens is 3. The molecule has 4 nitrogen and oxygen atoms in total. The Morgan fingerprint density at radius 2 is 2.17 bits per heavy atom. The number of hydrogen-bond donors (Lipinski definition) is 0. The van der Waals surface area contributed by atoms with Gasteiger partial charge in [-0.05, 0) is 30.2 Å². The van der Waals surface area contributed by atoms with Gasteiger partial charge in [0, 0.05) is 12.5 Å². The Kier molecular flexibility index (Phi) is 3.81. The van der Waals surface area contributed by atoms with Gasteiger partial charge >= 0.3 is 0 Å². The van der Waals surface area contributed by atoms with Gasteiger partial charge in [0.1, 0.15) is 5.82 Å². The first kappa shape index (κ1) is 12.8. The van der Waals surface area contributed by atoms with Crippen LogP contribution in [0.25, 0.3) is 5.69 Å². The molecule has 1 aromatic heterocycles. The van der Waals surface area contributed by atoms with Crippen LogP contribution >= 0.6 is 11.6 Å². The molecular weight excluding hydrogens is 257 g/mol. The molecule has 0 amide bonds. The number of ether oxygens (including phenoxy) is 1. The van der Waals surface area contributed by atoms with Crippen molar-refractivity contribution in [2.24, 2.45) is 0 Å². The van der Waals surface area contributed by atoms with Crippen molar-refractivity contribution >= 4 is 11.6 Å². The Morgan fingerprint density at radius 3 is 2.78 bits per heavy atom. The minimum absolute atomic E-state index is 0.194. The van der Waals surface area contributed by atoms with Crippen LogP contribution in [0.2, 0.25) is 5.28 Å². The maximum absolute atomic E-state index is 13.7. The van der Waals surface area contributed by atoms with Gasteiger partial charge in [-0.25, -0.2) is 4.39 Å². The van der Waals surface area contributed by atoms with Crippen LogP contribution in [0.5, 0.6) is 5.75 Å². The number of hydrogen-bond acceptors (Lipinski definition) is 3. The van der Waals surface area contributed by atoms with Crippen LogP contribution in [-0.2, 0) is 6.42 Å². The quantitative estimate of drug-likeness (QED) is 0.857. The first-order chi connectivity index (χ1) is 8.67. The Morgan fingerprint density at radius 1 is 1.39 bits per heavy atom. The molecule has 0 spiro atoms. The second kappa shape index (κ2) is 5.35. The number of nitrogens with zero attached hydrogens (tertiary/aromatic N) is 3. The number of methoxy groups -OCH3 is 1. The molecule has 0 fully saturated rings. The SMILES string of the molecule is CCCc1nnc(Cl)n1-c1ccc(OC)c(F)c1. The molecule has 1 aromatic carbocycles. The fourth-order valence-electron chi connectivity index (χ4n) is 1.73. The third-order valence-electron chi connectivity index (χ3n) is 2.56. The van der Waals surface area contributed by atoms with Crippen LogP contribution in [-0.4, -0.2) is 21.9 Å². The molecule has 0 aliphatic carbocycles. The summed E-state index contributed by atoms with van der Waals surface area (Å²) in [5, 5.41) is 8.01. The van der Waals surface area contributed by atoms with Gasteiger partial charge in [0.2, 0.25) is 5.28 Å². The highest BCUT2D eigenvalue weighted by Crippen LogP contribution is 2.23. The van der Waals surface area contributed by atoms with E-state index in [9.17, 15) is 4.39 Å². The van der Waals surface area contributed by atoms with Gasteiger partial charge in [0.15, 0.2) is 11.6 Å². The van der Waals surface area contributed by atoms with E-state index in [1.165, 1.54) is 13.2 Å². The lowest BCUT2D eigenvalue weighted by Crippen LogP contribution is -2.02. The van der Waals surface area contributed by atoms with Crippen molar-refractivity contribution in [1.29, 1.82) is 0 Å². The third kappa shape index (κ3) is 2.31. The van der Waals surface area contributed by atoms with Crippen LogP contribution in [0.4, 0.5) is 4.39 Å². The van der Waals surface area contributed by atoms with Crippen molar-refractivity contribution in [3.05, 3.63) is 35.1 Å². The molecule has 6 heteroatoms. The van der Waals surface area contributed by atoms with E-state index in [2.05, 4.69) is 10.2 Å². The van der Waals surface area contributed by atoms with Crippen LogP contribution < -0.4 is 4.74 Å². The lowest BCUT2D eigenvalue weighted by Gasteiger charge is -2.09. The number of halogens is 2. The Hall–Kier alpha value is -1.62. The van der Waals surface area contributed by atoms with E-state index in [0.29, 0.717) is 11.5 Å². The number of rotatable bonds is 4. The minimum Gasteiger partial charge on any atom is -0.494 e. The highest BCUT2D eigenvalue weighted by Gasteiger charge is 2.13. The van der Waals surface area contributed by atoms with Crippen molar-refractivity contribution in [2.45, 2.75) is 19.8 Å². The molecule has 0 atom stereocenters. The van der Waals surface area contributed by atoms with Gasteiger partial charge in [-0.2, -0.15) is 0 Å². The summed E-state index contributed by atoms with van der Waals surface area (Å²) in [6.07, 6.45) is 1.64. The van der Waals surface area contributed by atoms with E-state index < -0.39 is 5.82 Å². The summed E-state index contributed by atoms with van der Waals surface area (Å²) in [6, 6.07) is 4.63. The van der Waals surface area contributed by atoms with Crippen molar-refractivity contribution in [2.75, 3.05) is 7.11 Å². The zero-order chi connectivity index (χ0) is 13.1. The molecule has 0 saturated carbocycles. The highest BCUT2D eigenvalue weighted by molar-refractivity contribution is 6.28. The molecule has 0 unspecified atom stereocenters. The van der Waals surface area contributed by atoms with Gasteiger partial charge in [-0.1, -0.05) is 6.92 Å². The smallest absolute Gasteiger partial charge is 0.229 e. The molecule has 0 bridgehead atoms. The fraction of sp³-hybridized carbons (Fsp3) is 0.333. The lowest BCUT2D eigenvalue weighted by molar-refractivity contribution is 0.386. The van der Waals surface area contributed by atoms with Gasteiger partial charge < -0.3 is 4.74 Å². The van der Waals surface area contributed by atoms with E-state index >= 15 is 0 Å². The molecule has 0 N–H and O–H groups in total. The van der Waals surface area contributed by atoms with Crippen LogP contribution in [0.1, 0.15) is 19.2 Å². The normalized spacial score (nSPS) is 10.7. The second-order valence-corrected chi connectivity index (χ2v) is 4.13. The molecule has 0 saturated heterocycles. The summed E-state index contributed by atoms with van der Waals surface area (Å²) >= 11 is 5.98. The van der Waals surface area contributed by atoms with Gasteiger partial charge in [0.25, 0.3) is 0 Å². The van der Waals surface area contributed by atoms with E-state index in [1.807, 2.05) is 6.92 Å². The first-order valence-corrected chi connectivity index (χ1v) is 5.99. The average Bonchev–Trinajstić information content (AvgIpc) is 2.71. The van der Waals surface area contributed by atoms with Crippen molar-refractivity contribution < 1.29 is 9.13 Å². The summed E-state index contributed by atoms with van der Waals surface area (Å²) < 4.78 is 20.2. The third-order valence-corrected chi connectivity index (χ3v) is 2.80. The number of benzene rings is 1.